The van der Waals surface area contributed by atoms with Crippen molar-refractivity contribution < 1.29 is 9.53 Å². The van der Waals surface area contributed by atoms with Crippen molar-refractivity contribution in [2.45, 2.75) is 57.9 Å². The molecule has 1 aromatic carbocycles. The number of nitrogens with one attached hydrogen (secondary N) is 1. The van der Waals surface area contributed by atoms with Gasteiger partial charge in [0.2, 0.25) is 5.91 Å². The third-order valence-electron chi connectivity index (χ3n) is 3.87. The van der Waals surface area contributed by atoms with Crippen LogP contribution in [0, 0.1) is 0 Å². The maximum Gasteiger partial charge on any atom is 0.220 e. The third kappa shape index (κ3) is 4.63. The van der Waals surface area contributed by atoms with E-state index in [0.29, 0.717) is 18.1 Å². The summed E-state index contributed by atoms with van der Waals surface area (Å²) in [6.45, 7) is 2.79. The largest absolute Gasteiger partial charge is 0.492 e. The van der Waals surface area contributed by atoms with E-state index in [2.05, 4.69) is 12.2 Å². The summed E-state index contributed by atoms with van der Waals surface area (Å²) in [4.78, 5) is 12.1. The number of ether oxygens (including phenoxy) is 1. The second kappa shape index (κ2) is 8.28. The minimum absolute atomic E-state index is 0.0237. The highest BCUT2D eigenvalue weighted by Gasteiger charge is 2.24. The van der Waals surface area contributed by atoms with Crippen molar-refractivity contribution in [3.05, 3.63) is 28.8 Å². The third-order valence-corrected chi connectivity index (χ3v) is 4.17. The minimum Gasteiger partial charge on any atom is -0.492 e. The molecular weight excluding hydrogens is 286 g/mol. The Balaban J connectivity index is 1.84. The number of hydrogen-bond donors (Lipinski definition) is 1. The van der Waals surface area contributed by atoms with Gasteiger partial charge in [0, 0.05) is 18.4 Å². The summed E-state index contributed by atoms with van der Waals surface area (Å²) in [5, 5.41) is 3.73. The molecule has 1 aliphatic rings. The molecule has 1 N–H and O–H groups in total. The molecule has 0 saturated heterocycles. The zero-order valence-corrected chi connectivity index (χ0v) is 13.4. The smallest absolute Gasteiger partial charge is 0.220 e. The molecule has 3 nitrogen and oxygen atoms in total. The number of rotatable bonds is 7. The van der Waals surface area contributed by atoms with Crippen LogP contribution in [0.3, 0.4) is 0 Å². The number of fused-ring (bicyclic) bond motifs is 1. The average molecular weight is 310 g/mol. The lowest BCUT2D eigenvalue weighted by Crippen LogP contribution is -2.32. The van der Waals surface area contributed by atoms with E-state index < -0.39 is 0 Å². The van der Waals surface area contributed by atoms with Gasteiger partial charge in [-0.25, -0.2) is 0 Å². The average Bonchev–Trinajstić information content (AvgIpc) is 2.48. The maximum atomic E-state index is 12.1. The monoisotopic (exact) mass is 309 g/mol. The van der Waals surface area contributed by atoms with E-state index in [4.69, 9.17) is 16.3 Å². The first-order valence-electron chi connectivity index (χ1n) is 7.93. The molecule has 1 heterocycles. The van der Waals surface area contributed by atoms with Crippen molar-refractivity contribution in [3.8, 4) is 5.75 Å². The summed E-state index contributed by atoms with van der Waals surface area (Å²) < 4.78 is 5.61. The first-order chi connectivity index (χ1) is 10.2. The molecule has 0 aliphatic carbocycles. The van der Waals surface area contributed by atoms with Gasteiger partial charge >= 0.3 is 0 Å². The van der Waals surface area contributed by atoms with Gasteiger partial charge in [-0.2, -0.15) is 0 Å². The zero-order valence-electron chi connectivity index (χ0n) is 12.7. The van der Waals surface area contributed by atoms with Gasteiger partial charge in [0.25, 0.3) is 0 Å². The van der Waals surface area contributed by atoms with Crippen molar-refractivity contribution in [1.29, 1.82) is 0 Å². The number of halogens is 1. The first kappa shape index (κ1) is 16.2. The van der Waals surface area contributed by atoms with Crippen molar-refractivity contribution in [3.63, 3.8) is 0 Å². The molecule has 0 fully saturated rings. The lowest BCUT2D eigenvalue weighted by atomic mass is 10.00. The number of benzene rings is 1. The topological polar surface area (TPSA) is 38.3 Å². The molecule has 1 aliphatic heterocycles. The molecule has 1 unspecified atom stereocenters. The Labute approximate surface area is 132 Å². The van der Waals surface area contributed by atoms with Crippen LogP contribution in [0.5, 0.6) is 5.75 Å². The standard InChI is InChI=1S/C17H24ClNO2/c1-2-3-4-5-6-10-16(20)19-15-11-12-21-17-13(15)8-7-9-14(17)18/h7-9,15H,2-6,10-12H2,1H3,(H,19,20). The molecule has 0 spiro atoms. The summed E-state index contributed by atoms with van der Waals surface area (Å²) in [5.74, 6) is 0.850. The van der Waals surface area contributed by atoms with Crippen LogP contribution < -0.4 is 10.1 Å². The van der Waals surface area contributed by atoms with Gasteiger partial charge in [-0.15, -0.1) is 0 Å². The van der Waals surface area contributed by atoms with E-state index >= 15 is 0 Å². The number of carbonyl (C=O) groups excluding carboxylic acids is 1. The lowest BCUT2D eigenvalue weighted by molar-refractivity contribution is -0.122. The summed E-state index contributed by atoms with van der Waals surface area (Å²) in [6, 6.07) is 5.72. The Morgan fingerprint density at radius 3 is 2.95 bits per heavy atom. The summed E-state index contributed by atoms with van der Waals surface area (Å²) in [5.41, 5.74) is 0.994. The Morgan fingerprint density at radius 2 is 2.14 bits per heavy atom. The van der Waals surface area contributed by atoms with Crippen molar-refractivity contribution >= 4 is 17.5 Å². The quantitative estimate of drug-likeness (QED) is 0.745. The number of carbonyl (C=O) groups is 1. The van der Waals surface area contributed by atoms with E-state index in [0.717, 1.165) is 30.6 Å². The van der Waals surface area contributed by atoms with Crippen LogP contribution in [0.2, 0.25) is 5.02 Å². The molecule has 2 rings (SSSR count). The molecule has 21 heavy (non-hydrogen) atoms. The van der Waals surface area contributed by atoms with E-state index in [1.54, 1.807) is 0 Å². The normalized spacial score (nSPS) is 17.0. The fraction of sp³-hybridized carbons (Fsp3) is 0.588. The lowest BCUT2D eigenvalue weighted by Gasteiger charge is -2.27. The van der Waals surface area contributed by atoms with Gasteiger partial charge < -0.3 is 10.1 Å². The van der Waals surface area contributed by atoms with E-state index in [1.165, 1.54) is 19.3 Å². The van der Waals surface area contributed by atoms with Crippen molar-refractivity contribution in [2.24, 2.45) is 0 Å². The number of hydrogen-bond acceptors (Lipinski definition) is 2. The molecule has 1 aromatic rings. The summed E-state index contributed by atoms with van der Waals surface area (Å²) >= 11 is 6.14. The molecule has 4 heteroatoms. The van der Waals surface area contributed by atoms with E-state index in [9.17, 15) is 4.79 Å². The molecular formula is C17H24ClNO2. The van der Waals surface area contributed by atoms with Gasteiger partial charge in [0.15, 0.2) is 0 Å². The van der Waals surface area contributed by atoms with E-state index in [1.807, 2.05) is 18.2 Å². The predicted molar refractivity (Wildman–Crippen MR) is 85.8 cm³/mol. The van der Waals surface area contributed by atoms with Crippen LogP contribution in [0.25, 0.3) is 0 Å². The van der Waals surface area contributed by atoms with Crippen LogP contribution >= 0.6 is 11.6 Å². The maximum absolute atomic E-state index is 12.1. The molecule has 0 radical (unpaired) electrons. The molecule has 1 atom stereocenters. The second-order valence-corrected chi connectivity index (χ2v) is 5.99. The minimum atomic E-state index is 0.0237. The van der Waals surface area contributed by atoms with Crippen LogP contribution in [0.15, 0.2) is 18.2 Å². The van der Waals surface area contributed by atoms with Crippen molar-refractivity contribution in [2.75, 3.05) is 6.61 Å². The van der Waals surface area contributed by atoms with Crippen LogP contribution in [0.1, 0.15) is 63.5 Å². The second-order valence-electron chi connectivity index (χ2n) is 5.58. The molecule has 0 saturated carbocycles. The van der Waals surface area contributed by atoms with Gasteiger partial charge in [0.05, 0.1) is 17.7 Å². The zero-order chi connectivity index (χ0) is 15.1. The number of para-hydroxylation sites is 1. The van der Waals surface area contributed by atoms with Gasteiger partial charge in [0.1, 0.15) is 5.75 Å². The highest BCUT2D eigenvalue weighted by Crippen LogP contribution is 2.37. The Morgan fingerprint density at radius 1 is 1.33 bits per heavy atom. The fourth-order valence-electron chi connectivity index (χ4n) is 2.69. The highest BCUT2D eigenvalue weighted by atomic mass is 35.5. The number of amides is 1. The van der Waals surface area contributed by atoms with Gasteiger partial charge in [-0.3, -0.25) is 4.79 Å². The molecule has 116 valence electrons. The molecule has 0 bridgehead atoms. The summed E-state index contributed by atoms with van der Waals surface area (Å²) in [7, 11) is 0. The Kier molecular flexibility index (Phi) is 6.37. The number of unbranched alkanes of at least 4 members (excludes halogenated alkanes) is 4. The van der Waals surface area contributed by atoms with Crippen LogP contribution in [-0.4, -0.2) is 12.5 Å². The van der Waals surface area contributed by atoms with Crippen LogP contribution in [0.4, 0.5) is 0 Å². The van der Waals surface area contributed by atoms with Gasteiger partial charge in [-0.05, 0) is 12.5 Å². The highest BCUT2D eigenvalue weighted by molar-refractivity contribution is 6.32. The first-order valence-corrected chi connectivity index (χ1v) is 8.30. The Bertz CT molecular complexity index is 476. The van der Waals surface area contributed by atoms with Crippen molar-refractivity contribution in [1.82, 2.24) is 5.32 Å². The molecule has 0 aromatic heterocycles. The predicted octanol–water partition coefficient (Wildman–Crippen LogP) is 4.64. The summed E-state index contributed by atoms with van der Waals surface area (Å²) in [6.07, 6.45) is 7.22. The van der Waals surface area contributed by atoms with Crippen LogP contribution in [-0.2, 0) is 4.79 Å². The van der Waals surface area contributed by atoms with E-state index in [-0.39, 0.29) is 11.9 Å². The van der Waals surface area contributed by atoms with Gasteiger partial charge in [-0.1, -0.05) is 56.3 Å². The Hall–Kier alpha value is -1.22. The molecule has 1 amide bonds. The fourth-order valence-corrected chi connectivity index (χ4v) is 2.93. The SMILES string of the molecule is CCCCCCCC(=O)NC1CCOc2c(Cl)cccc21.